The lowest BCUT2D eigenvalue weighted by molar-refractivity contribution is -0.0643. The standard InChI is InChI=1S/C26H37NO2/c1-17(29-20-10-14-27-15-11-20)22-6-7-23-21-5-4-18-16-19(28)8-12-25(18,2)24(21)9-13-26(22,23)3/h4,10-11,14-15,17,19,21-24,28H,5-9,12-13,16H2,1-3H3/t17?,19-,21-,22+,23-,24-,25-,26+/m0/s1. The summed E-state index contributed by atoms with van der Waals surface area (Å²) in [5.41, 5.74) is 2.30. The molecule has 29 heavy (non-hydrogen) atoms. The Balaban J connectivity index is 1.37. The van der Waals surface area contributed by atoms with E-state index in [2.05, 4.69) is 31.8 Å². The van der Waals surface area contributed by atoms with Gasteiger partial charge in [0.2, 0.25) is 0 Å². The van der Waals surface area contributed by atoms with Crippen LogP contribution in [0.25, 0.3) is 0 Å². The zero-order valence-corrected chi connectivity index (χ0v) is 18.3. The number of aromatic nitrogens is 1. The average molecular weight is 396 g/mol. The first kappa shape index (κ1) is 19.6. The maximum atomic E-state index is 10.2. The number of hydrogen-bond acceptors (Lipinski definition) is 3. The van der Waals surface area contributed by atoms with Crippen molar-refractivity contribution in [2.75, 3.05) is 0 Å². The molecule has 4 aliphatic carbocycles. The van der Waals surface area contributed by atoms with Crippen molar-refractivity contribution < 1.29 is 9.84 Å². The number of aliphatic hydroxyl groups is 1. The Morgan fingerprint density at radius 2 is 1.86 bits per heavy atom. The molecule has 0 saturated heterocycles. The molecule has 0 aromatic carbocycles. The monoisotopic (exact) mass is 395 g/mol. The van der Waals surface area contributed by atoms with Gasteiger partial charge in [0.05, 0.1) is 12.2 Å². The van der Waals surface area contributed by atoms with E-state index in [-0.39, 0.29) is 12.2 Å². The molecule has 158 valence electrons. The van der Waals surface area contributed by atoms with Gasteiger partial charge in [-0.05, 0) is 99.0 Å². The van der Waals surface area contributed by atoms with Crippen LogP contribution in [0.1, 0.15) is 72.1 Å². The maximum absolute atomic E-state index is 10.2. The van der Waals surface area contributed by atoms with Crippen molar-refractivity contribution in [1.29, 1.82) is 0 Å². The Kier molecular flexibility index (Phi) is 4.81. The van der Waals surface area contributed by atoms with Gasteiger partial charge in [-0.15, -0.1) is 0 Å². The topological polar surface area (TPSA) is 42.4 Å². The molecule has 0 aliphatic heterocycles. The second-order valence-corrected chi connectivity index (χ2v) is 10.9. The van der Waals surface area contributed by atoms with Crippen LogP contribution in [-0.2, 0) is 0 Å². The van der Waals surface area contributed by atoms with E-state index in [0.717, 1.165) is 36.3 Å². The van der Waals surface area contributed by atoms with E-state index in [1.807, 2.05) is 24.5 Å². The highest BCUT2D eigenvalue weighted by atomic mass is 16.5. The number of fused-ring (bicyclic) bond motifs is 5. The average Bonchev–Trinajstić information content (AvgIpc) is 3.06. The van der Waals surface area contributed by atoms with Gasteiger partial charge in [-0.25, -0.2) is 0 Å². The van der Waals surface area contributed by atoms with E-state index in [9.17, 15) is 5.11 Å². The third-order valence-electron chi connectivity index (χ3n) is 9.69. The number of hydrogen-bond donors (Lipinski definition) is 1. The van der Waals surface area contributed by atoms with Gasteiger partial charge < -0.3 is 9.84 Å². The quantitative estimate of drug-likeness (QED) is 0.659. The third kappa shape index (κ3) is 3.07. The SMILES string of the molecule is CC(Oc1ccncc1)[C@H]1CC[C@H]2[C@@H]3CC=C4C[C@@H](O)CC[C@]4(C)[C@H]3CC[C@]12C. The summed E-state index contributed by atoms with van der Waals surface area (Å²) in [6.45, 7) is 7.38. The molecule has 0 radical (unpaired) electrons. The molecule has 8 atom stereocenters. The molecular weight excluding hydrogens is 358 g/mol. The number of nitrogens with zero attached hydrogens (tertiary/aromatic N) is 1. The molecule has 3 saturated carbocycles. The first-order valence-corrected chi connectivity index (χ1v) is 11.9. The first-order chi connectivity index (χ1) is 13.9. The maximum Gasteiger partial charge on any atom is 0.122 e. The molecule has 4 aliphatic rings. The molecule has 1 N–H and O–H groups in total. The summed E-state index contributed by atoms with van der Waals surface area (Å²) in [5.74, 6) is 4.02. The minimum Gasteiger partial charge on any atom is -0.490 e. The molecule has 3 heteroatoms. The van der Waals surface area contributed by atoms with Gasteiger partial charge in [-0.3, -0.25) is 4.98 Å². The molecule has 0 amide bonds. The minimum atomic E-state index is -0.109. The lowest BCUT2D eigenvalue weighted by Crippen LogP contribution is -2.51. The smallest absolute Gasteiger partial charge is 0.122 e. The largest absolute Gasteiger partial charge is 0.490 e. The molecule has 5 rings (SSSR count). The molecule has 1 aromatic heterocycles. The van der Waals surface area contributed by atoms with Crippen molar-refractivity contribution in [3.8, 4) is 5.75 Å². The van der Waals surface area contributed by atoms with Gasteiger partial charge in [-0.1, -0.05) is 25.5 Å². The van der Waals surface area contributed by atoms with E-state index in [4.69, 9.17) is 4.74 Å². The van der Waals surface area contributed by atoms with Gasteiger partial charge in [0, 0.05) is 18.3 Å². The van der Waals surface area contributed by atoms with Crippen LogP contribution in [0.15, 0.2) is 36.2 Å². The van der Waals surface area contributed by atoms with Crippen LogP contribution in [0.2, 0.25) is 0 Å². The number of allylic oxidation sites excluding steroid dienone is 1. The summed E-state index contributed by atoms with van der Waals surface area (Å²) in [5, 5.41) is 10.2. The van der Waals surface area contributed by atoms with Crippen LogP contribution >= 0.6 is 0 Å². The Morgan fingerprint density at radius 3 is 2.66 bits per heavy atom. The lowest BCUT2D eigenvalue weighted by atomic mass is 9.47. The fourth-order valence-electron chi connectivity index (χ4n) is 8.17. The second kappa shape index (κ2) is 7.11. The normalized spacial score (nSPS) is 44.8. The van der Waals surface area contributed by atoms with Crippen molar-refractivity contribution in [2.45, 2.75) is 84.3 Å². The zero-order chi connectivity index (χ0) is 20.2. The second-order valence-electron chi connectivity index (χ2n) is 10.9. The van der Waals surface area contributed by atoms with Crippen molar-refractivity contribution in [2.24, 2.45) is 34.5 Å². The van der Waals surface area contributed by atoms with Crippen molar-refractivity contribution in [3.63, 3.8) is 0 Å². The van der Waals surface area contributed by atoms with Gasteiger partial charge in [0.25, 0.3) is 0 Å². The Hall–Kier alpha value is -1.35. The molecule has 3 nitrogen and oxygen atoms in total. The van der Waals surface area contributed by atoms with Crippen LogP contribution in [-0.4, -0.2) is 22.3 Å². The van der Waals surface area contributed by atoms with Gasteiger partial charge in [0.15, 0.2) is 0 Å². The molecular formula is C26H37NO2. The van der Waals surface area contributed by atoms with Crippen LogP contribution in [0.3, 0.4) is 0 Å². The Bertz CT molecular complexity index is 776. The molecule has 0 bridgehead atoms. The summed E-state index contributed by atoms with van der Waals surface area (Å²) in [7, 11) is 0. The highest BCUT2D eigenvalue weighted by Crippen LogP contribution is 2.66. The molecule has 0 spiro atoms. The van der Waals surface area contributed by atoms with E-state index in [0.29, 0.717) is 16.7 Å². The highest BCUT2D eigenvalue weighted by molar-refractivity contribution is 5.25. The van der Waals surface area contributed by atoms with Crippen molar-refractivity contribution in [1.82, 2.24) is 4.98 Å². The number of ether oxygens (including phenoxy) is 1. The van der Waals surface area contributed by atoms with Gasteiger partial charge in [0.1, 0.15) is 5.75 Å². The van der Waals surface area contributed by atoms with Crippen LogP contribution in [0, 0.1) is 34.5 Å². The first-order valence-electron chi connectivity index (χ1n) is 11.9. The Morgan fingerprint density at radius 1 is 1.07 bits per heavy atom. The van der Waals surface area contributed by atoms with E-state index >= 15 is 0 Å². The summed E-state index contributed by atoms with van der Waals surface area (Å²) in [6.07, 6.45) is 16.0. The highest BCUT2D eigenvalue weighted by Gasteiger charge is 2.59. The summed E-state index contributed by atoms with van der Waals surface area (Å²) in [4.78, 5) is 4.12. The summed E-state index contributed by atoms with van der Waals surface area (Å²) >= 11 is 0. The van der Waals surface area contributed by atoms with Crippen LogP contribution in [0.5, 0.6) is 5.75 Å². The van der Waals surface area contributed by atoms with Crippen LogP contribution in [0.4, 0.5) is 0 Å². The zero-order valence-electron chi connectivity index (χ0n) is 18.3. The predicted octanol–water partition coefficient (Wildman–Crippen LogP) is 5.79. The minimum absolute atomic E-state index is 0.109. The van der Waals surface area contributed by atoms with Gasteiger partial charge in [-0.2, -0.15) is 0 Å². The number of pyridine rings is 1. The Labute approximate surface area is 176 Å². The molecule has 1 unspecified atom stereocenters. The molecule has 1 heterocycles. The van der Waals surface area contributed by atoms with Gasteiger partial charge >= 0.3 is 0 Å². The molecule has 3 fully saturated rings. The summed E-state index contributed by atoms with van der Waals surface area (Å²) in [6, 6.07) is 3.96. The summed E-state index contributed by atoms with van der Waals surface area (Å²) < 4.78 is 6.39. The van der Waals surface area contributed by atoms with Crippen LogP contribution < -0.4 is 4.74 Å². The van der Waals surface area contributed by atoms with E-state index < -0.39 is 0 Å². The van der Waals surface area contributed by atoms with E-state index in [1.165, 1.54) is 38.5 Å². The third-order valence-corrected chi connectivity index (χ3v) is 9.69. The molecule has 1 aromatic rings. The van der Waals surface area contributed by atoms with Crippen molar-refractivity contribution >= 4 is 0 Å². The van der Waals surface area contributed by atoms with Crippen molar-refractivity contribution in [3.05, 3.63) is 36.2 Å². The number of rotatable bonds is 3. The number of aliphatic hydroxyl groups excluding tert-OH is 1. The lowest BCUT2D eigenvalue weighted by Gasteiger charge is -2.58. The predicted molar refractivity (Wildman–Crippen MR) is 116 cm³/mol. The fourth-order valence-corrected chi connectivity index (χ4v) is 8.17. The fraction of sp³-hybridized carbons (Fsp3) is 0.731. The van der Waals surface area contributed by atoms with E-state index in [1.54, 1.807) is 5.57 Å².